The zero-order valence-electron chi connectivity index (χ0n) is 19.0. The molecule has 2 heterocycles. The van der Waals surface area contributed by atoms with E-state index in [4.69, 9.17) is 27.7 Å². The van der Waals surface area contributed by atoms with Crippen LogP contribution in [-0.2, 0) is 12.8 Å². The molecule has 33 heavy (non-hydrogen) atoms. The lowest BCUT2D eigenvalue weighted by Gasteiger charge is -2.36. The minimum Gasteiger partial charge on any atom is -0.360 e. The second kappa shape index (κ2) is 9.13. The molecule has 0 radical (unpaired) electrons. The van der Waals surface area contributed by atoms with Crippen molar-refractivity contribution in [3.8, 4) is 17.3 Å². The van der Waals surface area contributed by atoms with Crippen molar-refractivity contribution < 1.29 is 9.32 Å². The van der Waals surface area contributed by atoms with Gasteiger partial charge in [-0.3, -0.25) is 4.79 Å². The van der Waals surface area contributed by atoms with E-state index in [1.807, 2.05) is 0 Å². The fourth-order valence-corrected chi connectivity index (χ4v) is 6.30. The van der Waals surface area contributed by atoms with Gasteiger partial charge in [0.25, 0.3) is 5.91 Å². The summed E-state index contributed by atoms with van der Waals surface area (Å²) in [4.78, 5) is 14.6. The van der Waals surface area contributed by atoms with Crippen molar-refractivity contribution in [2.45, 2.75) is 53.4 Å². The molecule has 5 nitrogen and oxygen atoms in total. The molecule has 8 heteroatoms. The van der Waals surface area contributed by atoms with E-state index in [9.17, 15) is 10.1 Å². The average Bonchev–Trinajstić information content (AvgIpc) is 3.32. The largest absolute Gasteiger partial charge is 0.360 e. The van der Waals surface area contributed by atoms with Crippen LogP contribution >= 0.6 is 34.5 Å². The highest BCUT2D eigenvalue weighted by Crippen LogP contribution is 2.45. The third kappa shape index (κ3) is 4.30. The van der Waals surface area contributed by atoms with Crippen LogP contribution < -0.4 is 5.32 Å². The Morgan fingerprint density at radius 3 is 2.70 bits per heavy atom. The maximum absolute atomic E-state index is 13.4. The summed E-state index contributed by atoms with van der Waals surface area (Å²) in [6, 6.07) is 7.41. The summed E-state index contributed by atoms with van der Waals surface area (Å²) in [7, 11) is 0. The number of anilines is 1. The highest BCUT2D eigenvalue weighted by Gasteiger charge is 2.34. The number of nitriles is 1. The normalized spacial score (nSPS) is 15.7. The molecule has 0 aliphatic heterocycles. The van der Waals surface area contributed by atoms with E-state index in [1.165, 1.54) is 16.2 Å². The Balaban J connectivity index is 1.68. The van der Waals surface area contributed by atoms with Crippen LogP contribution in [-0.4, -0.2) is 11.1 Å². The number of benzene rings is 1. The number of aromatic nitrogens is 1. The zero-order valence-corrected chi connectivity index (χ0v) is 21.3. The summed E-state index contributed by atoms with van der Waals surface area (Å²) < 4.78 is 5.33. The summed E-state index contributed by atoms with van der Waals surface area (Å²) >= 11 is 14.2. The number of nitrogens with zero attached hydrogens (tertiary/aromatic N) is 2. The second-order valence-corrected chi connectivity index (χ2v) is 11.0. The first kappa shape index (κ1) is 23.8. The first-order valence-electron chi connectivity index (χ1n) is 10.9. The van der Waals surface area contributed by atoms with Gasteiger partial charge in [0.2, 0.25) is 0 Å². The number of carbonyl (C=O) groups is 1. The van der Waals surface area contributed by atoms with Crippen molar-refractivity contribution in [2.75, 3.05) is 5.32 Å². The van der Waals surface area contributed by atoms with Crippen LogP contribution in [0.2, 0.25) is 10.0 Å². The van der Waals surface area contributed by atoms with Gasteiger partial charge in [-0.05, 0) is 55.2 Å². The molecule has 2 aromatic heterocycles. The number of hydrogen-bond donors (Lipinski definition) is 1. The molecule has 1 atom stereocenters. The minimum absolute atomic E-state index is 0.237. The van der Waals surface area contributed by atoms with Crippen molar-refractivity contribution in [1.82, 2.24) is 5.16 Å². The number of thiophene rings is 1. The Morgan fingerprint density at radius 1 is 1.36 bits per heavy atom. The van der Waals surface area contributed by atoms with Gasteiger partial charge >= 0.3 is 0 Å². The van der Waals surface area contributed by atoms with E-state index in [2.05, 4.69) is 37.3 Å². The number of aryl methyl sites for hydroxylation is 1. The molecule has 0 saturated heterocycles. The molecule has 0 saturated carbocycles. The lowest BCUT2D eigenvalue weighted by molar-refractivity contribution is 0.102. The summed E-state index contributed by atoms with van der Waals surface area (Å²) in [6.07, 6.45) is 3.93. The van der Waals surface area contributed by atoms with Crippen LogP contribution in [0.5, 0.6) is 0 Å². The molecular formula is C25H25Cl2N3O2S. The van der Waals surface area contributed by atoms with Crippen molar-refractivity contribution in [1.29, 1.82) is 5.26 Å². The monoisotopic (exact) mass is 501 g/mol. The second-order valence-electron chi connectivity index (χ2n) is 9.11. The molecule has 1 aromatic carbocycles. The SMILES string of the molecule is CCC(C)(C)C1CCc2c(sc(NC(=O)c3c(-c4c(Cl)cccc4Cl)noc3C)c2C#N)C1. The minimum atomic E-state index is -0.403. The predicted octanol–water partition coefficient (Wildman–Crippen LogP) is 7.68. The summed E-state index contributed by atoms with van der Waals surface area (Å²) in [6.45, 7) is 8.50. The lowest BCUT2D eigenvalue weighted by Crippen LogP contribution is -2.28. The van der Waals surface area contributed by atoms with E-state index < -0.39 is 5.91 Å². The molecule has 1 aliphatic carbocycles. The van der Waals surface area contributed by atoms with Crippen molar-refractivity contribution in [3.05, 3.63) is 55.6 Å². The summed E-state index contributed by atoms with van der Waals surface area (Å²) in [5, 5.41) is 18.2. The predicted molar refractivity (Wildman–Crippen MR) is 133 cm³/mol. The zero-order chi connectivity index (χ0) is 23.9. The van der Waals surface area contributed by atoms with Crippen LogP contribution in [0.25, 0.3) is 11.3 Å². The molecule has 4 rings (SSSR count). The Bertz CT molecular complexity index is 1250. The Labute approximate surface area is 207 Å². The highest BCUT2D eigenvalue weighted by atomic mass is 35.5. The molecule has 0 bridgehead atoms. The molecular weight excluding hydrogens is 477 g/mol. The number of amides is 1. The van der Waals surface area contributed by atoms with Gasteiger partial charge in [0.1, 0.15) is 28.1 Å². The van der Waals surface area contributed by atoms with E-state index in [-0.39, 0.29) is 16.7 Å². The Kier molecular flexibility index (Phi) is 6.59. The van der Waals surface area contributed by atoms with E-state index in [1.54, 1.807) is 25.1 Å². The molecule has 0 fully saturated rings. The Morgan fingerprint density at radius 2 is 2.06 bits per heavy atom. The topological polar surface area (TPSA) is 78.9 Å². The first-order chi connectivity index (χ1) is 15.7. The van der Waals surface area contributed by atoms with Crippen LogP contribution in [0.3, 0.4) is 0 Å². The molecule has 0 spiro atoms. The molecule has 1 aliphatic rings. The van der Waals surface area contributed by atoms with Gasteiger partial charge in [0, 0.05) is 10.4 Å². The van der Waals surface area contributed by atoms with Gasteiger partial charge in [-0.25, -0.2) is 0 Å². The fourth-order valence-electron chi connectivity index (χ4n) is 4.45. The molecule has 172 valence electrons. The van der Waals surface area contributed by atoms with E-state index in [0.717, 1.165) is 31.2 Å². The number of hydrogen-bond acceptors (Lipinski definition) is 5. The molecule has 3 aromatic rings. The average molecular weight is 502 g/mol. The summed E-state index contributed by atoms with van der Waals surface area (Å²) in [5.74, 6) is 0.501. The highest BCUT2D eigenvalue weighted by molar-refractivity contribution is 7.16. The smallest absolute Gasteiger partial charge is 0.262 e. The van der Waals surface area contributed by atoms with Crippen molar-refractivity contribution in [3.63, 3.8) is 0 Å². The fraction of sp³-hybridized carbons (Fsp3) is 0.400. The maximum atomic E-state index is 13.4. The lowest BCUT2D eigenvalue weighted by atomic mass is 9.69. The van der Waals surface area contributed by atoms with Crippen LogP contribution in [0.1, 0.15) is 65.7 Å². The van der Waals surface area contributed by atoms with Gasteiger partial charge in [-0.15, -0.1) is 11.3 Å². The number of rotatable bonds is 5. The van der Waals surface area contributed by atoms with Crippen molar-refractivity contribution in [2.24, 2.45) is 11.3 Å². The number of nitrogens with one attached hydrogen (secondary N) is 1. The first-order valence-corrected chi connectivity index (χ1v) is 12.5. The molecule has 1 N–H and O–H groups in total. The van der Waals surface area contributed by atoms with Crippen LogP contribution in [0.15, 0.2) is 22.7 Å². The summed E-state index contributed by atoms with van der Waals surface area (Å²) in [5.41, 5.74) is 2.84. The Hall–Kier alpha value is -2.33. The quantitative estimate of drug-likeness (QED) is 0.388. The van der Waals surface area contributed by atoms with Crippen LogP contribution in [0.4, 0.5) is 5.00 Å². The standard InChI is InChI=1S/C25H25Cl2N3O2S/c1-5-25(3,4)14-9-10-15-16(12-28)24(33-19(15)11-14)29-23(31)20-13(2)32-30-22(20)21-17(26)7-6-8-18(21)27/h6-8,14H,5,9-11H2,1-4H3,(H,29,31). The van der Waals surface area contributed by atoms with E-state index in [0.29, 0.717) is 37.9 Å². The number of halogens is 2. The third-order valence-electron chi connectivity index (χ3n) is 6.91. The van der Waals surface area contributed by atoms with E-state index >= 15 is 0 Å². The van der Waals surface area contributed by atoms with Gasteiger partial charge in [-0.2, -0.15) is 5.26 Å². The maximum Gasteiger partial charge on any atom is 0.262 e. The van der Waals surface area contributed by atoms with Crippen LogP contribution in [0, 0.1) is 29.6 Å². The molecule has 1 amide bonds. The van der Waals surface area contributed by atoms with Gasteiger partial charge in [-0.1, -0.05) is 61.6 Å². The number of carbonyl (C=O) groups excluding carboxylic acids is 1. The van der Waals surface area contributed by atoms with Gasteiger partial charge in [0.05, 0.1) is 15.6 Å². The van der Waals surface area contributed by atoms with Gasteiger partial charge < -0.3 is 9.84 Å². The third-order valence-corrected chi connectivity index (χ3v) is 8.71. The number of fused-ring (bicyclic) bond motifs is 1. The molecule has 1 unspecified atom stereocenters. The van der Waals surface area contributed by atoms with Crippen molar-refractivity contribution >= 4 is 45.4 Å². The van der Waals surface area contributed by atoms with Gasteiger partial charge in [0.15, 0.2) is 0 Å².